The smallest absolute Gasteiger partial charge is 0.255 e. The summed E-state index contributed by atoms with van der Waals surface area (Å²) >= 11 is 0. The lowest BCUT2D eigenvalue weighted by atomic mass is 9.60. The number of aliphatic hydroxyl groups excluding tert-OH is 2. The summed E-state index contributed by atoms with van der Waals surface area (Å²) in [5.41, 5.74) is 6.38. The highest BCUT2D eigenvalue weighted by atomic mass is 16.3. The molecule has 2 aromatic rings. The third-order valence-electron chi connectivity index (χ3n) is 7.69. The van der Waals surface area contributed by atoms with Crippen molar-refractivity contribution < 1.29 is 34.1 Å². The fraction of sp³-hybridized carbons (Fsp3) is 0.385. The number of aromatic nitrogens is 1. The molecule has 3 aliphatic carbocycles. The van der Waals surface area contributed by atoms with Crippen LogP contribution in [0.2, 0.25) is 0 Å². The number of phenols is 1. The van der Waals surface area contributed by atoms with Crippen LogP contribution in [0.5, 0.6) is 5.75 Å². The largest absolute Gasteiger partial charge is 0.511 e. The number of oxazole rings is 1. The van der Waals surface area contributed by atoms with Gasteiger partial charge >= 0.3 is 0 Å². The van der Waals surface area contributed by atoms with Crippen molar-refractivity contribution in [2.24, 2.45) is 23.5 Å². The number of anilines is 1. The second kappa shape index (κ2) is 8.48. The molecule has 0 radical (unpaired) electrons. The van der Waals surface area contributed by atoms with Gasteiger partial charge < -0.3 is 30.4 Å². The van der Waals surface area contributed by atoms with Crippen LogP contribution in [-0.2, 0) is 16.0 Å². The molecular weight excluding hydrogens is 480 g/mol. The Balaban J connectivity index is 1.72. The van der Waals surface area contributed by atoms with Crippen LogP contribution in [0.4, 0.5) is 5.69 Å². The van der Waals surface area contributed by atoms with Gasteiger partial charge in [0.15, 0.2) is 11.6 Å². The summed E-state index contributed by atoms with van der Waals surface area (Å²) in [6.45, 7) is 0. The number of primary amides is 1. The van der Waals surface area contributed by atoms with E-state index in [0.29, 0.717) is 17.7 Å². The van der Waals surface area contributed by atoms with Gasteiger partial charge in [-0.25, -0.2) is 4.98 Å². The number of fused-ring (bicyclic) bond motifs is 3. The van der Waals surface area contributed by atoms with Crippen molar-refractivity contribution in [3.63, 3.8) is 0 Å². The van der Waals surface area contributed by atoms with Gasteiger partial charge in [-0.1, -0.05) is 0 Å². The van der Waals surface area contributed by atoms with Crippen molar-refractivity contribution in [1.29, 1.82) is 0 Å². The summed E-state index contributed by atoms with van der Waals surface area (Å²) in [5, 5.41) is 33.4. The van der Waals surface area contributed by atoms with E-state index in [-0.39, 0.29) is 34.8 Å². The number of benzene rings is 1. The average Bonchev–Trinajstić information content (AvgIpc) is 3.32. The van der Waals surface area contributed by atoms with Crippen LogP contribution in [-0.4, -0.2) is 76.9 Å². The van der Waals surface area contributed by atoms with Gasteiger partial charge in [0.1, 0.15) is 29.1 Å². The fourth-order valence-corrected chi connectivity index (χ4v) is 6.24. The normalized spacial score (nSPS) is 25.2. The lowest BCUT2D eigenvalue weighted by Crippen LogP contribution is -2.53. The maximum Gasteiger partial charge on any atom is 0.255 e. The Morgan fingerprint density at radius 2 is 1.84 bits per heavy atom. The number of phenolic OH excluding ortho intramolecular Hbond substituents is 1. The molecule has 0 spiro atoms. The van der Waals surface area contributed by atoms with Gasteiger partial charge in [0.2, 0.25) is 5.89 Å². The Morgan fingerprint density at radius 1 is 1.14 bits per heavy atom. The first-order valence-electron chi connectivity index (χ1n) is 11.8. The minimum atomic E-state index is -1.23. The lowest BCUT2D eigenvalue weighted by Gasteiger charge is -2.46. The van der Waals surface area contributed by atoms with Gasteiger partial charge in [0.05, 0.1) is 29.3 Å². The number of hydrogen-bond donors (Lipinski definition) is 4. The fourth-order valence-electron chi connectivity index (χ4n) is 6.24. The molecule has 0 saturated carbocycles. The van der Waals surface area contributed by atoms with Crippen LogP contribution >= 0.6 is 0 Å². The summed E-state index contributed by atoms with van der Waals surface area (Å²) in [6.07, 6.45) is 3.37. The average molecular weight is 509 g/mol. The number of carbonyl (C=O) groups is 3. The first-order chi connectivity index (χ1) is 17.5. The summed E-state index contributed by atoms with van der Waals surface area (Å²) in [5.74, 6) is -5.91. The molecule has 5 N–H and O–H groups in total. The number of allylic oxidation sites excluding steroid dienone is 2. The Labute approximate surface area is 212 Å². The van der Waals surface area contributed by atoms with E-state index in [0.717, 1.165) is 0 Å². The molecule has 11 nitrogen and oxygen atoms in total. The monoisotopic (exact) mass is 508 g/mol. The molecule has 3 aliphatic rings. The van der Waals surface area contributed by atoms with Gasteiger partial charge in [-0.2, -0.15) is 0 Å². The summed E-state index contributed by atoms with van der Waals surface area (Å²) in [7, 11) is 7.01. The zero-order chi connectivity index (χ0) is 26.9. The number of rotatable bonds is 4. The summed E-state index contributed by atoms with van der Waals surface area (Å²) in [6, 6.07) is 0.938. The second-order valence-electron chi connectivity index (χ2n) is 10.2. The molecule has 194 valence electrons. The van der Waals surface area contributed by atoms with E-state index in [9.17, 15) is 29.7 Å². The van der Waals surface area contributed by atoms with Crippen LogP contribution in [0, 0.1) is 17.8 Å². The van der Waals surface area contributed by atoms with Gasteiger partial charge in [-0.3, -0.25) is 19.3 Å². The Bertz CT molecular complexity index is 1400. The second-order valence-corrected chi connectivity index (χ2v) is 10.2. The van der Waals surface area contributed by atoms with Gasteiger partial charge in [-0.15, -0.1) is 0 Å². The van der Waals surface area contributed by atoms with E-state index in [1.54, 1.807) is 25.1 Å². The van der Waals surface area contributed by atoms with Crippen molar-refractivity contribution in [1.82, 2.24) is 9.88 Å². The maximum absolute atomic E-state index is 13.9. The standard InChI is InChI=1S/C26H28N4O7/c1-29(2)14-9-13(26-28-5-6-37-26)20(31)16-11(14)7-10-8-12-17(22(33)15(10)21(16)32)23(34)18(25(27)36)24(35)19(12)30(3)4/h5-6,9-10,12,17,19,31,33,35H,7-8H2,1-4H3,(H2,27,36)/t10?,12?,17?,19-/m0/s1. The molecule has 1 heterocycles. The van der Waals surface area contributed by atoms with Crippen molar-refractivity contribution in [3.8, 4) is 17.2 Å². The van der Waals surface area contributed by atoms with Crippen molar-refractivity contribution in [2.75, 3.05) is 33.1 Å². The minimum Gasteiger partial charge on any atom is -0.511 e. The number of nitrogens with two attached hydrogens (primary N) is 1. The number of ketones is 2. The zero-order valence-electron chi connectivity index (χ0n) is 20.8. The first kappa shape index (κ1) is 24.6. The van der Waals surface area contributed by atoms with Crippen LogP contribution in [0.25, 0.3) is 11.5 Å². The molecule has 0 bridgehead atoms. The van der Waals surface area contributed by atoms with Gasteiger partial charge in [-0.05, 0) is 50.4 Å². The highest BCUT2D eigenvalue weighted by Gasteiger charge is 2.54. The van der Waals surface area contributed by atoms with E-state index >= 15 is 0 Å². The number of aliphatic hydroxyl groups is 2. The Hall–Kier alpha value is -4.12. The molecular formula is C26H28N4O7. The number of aromatic hydroxyl groups is 1. The van der Waals surface area contributed by atoms with Gasteiger partial charge in [0.25, 0.3) is 5.91 Å². The number of amides is 1. The molecule has 3 unspecified atom stereocenters. The molecule has 1 aromatic heterocycles. The molecule has 5 rings (SSSR count). The minimum absolute atomic E-state index is 0.0107. The van der Waals surface area contributed by atoms with Crippen molar-refractivity contribution in [3.05, 3.63) is 52.3 Å². The zero-order valence-corrected chi connectivity index (χ0v) is 20.8. The number of hydrogen-bond acceptors (Lipinski definition) is 10. The molecule has 37 heavy (non-hydrogen) atoms. The first-order valence-corrected chi connectivity index (χ1v) is 11.8. The quantitative estimate of drug-likeness (QED) is 0.446. The summed E-state index contributed by atoms with van der Waals surface area (Å²) in [4.78, 5) is 46.9. The number of Topliss-reactive ketones (excluding diaryl/α,β-unsaturated/α-hetero) is 2. The molecule has 4 atom stereocenters. The van der Waals surface area contributed by atoms with E-state index in [1.807, 2.05) is 19.0 Å². The number of nitrogens with zero attached hydrogens (tertiary/aromatic N) is 3. The van der Waals surface area contributed by atoms with Crippen LogP contribution in [0.1, 0.15) is 22.3 Å². The number of carbonyl (C=O) groups excluding carboxylic acids is 3. The van der Waals surface area contributed by atoms with Crippen molar-refractivity contribution in [2.45, 2.75) is 18.9 Å². The molecule has 0 fully saturated rings. The third kappa shape index (κ3) is 3.45. The van der Waals surface area contributed by atoms with E-state index in [1.165, 1.54) is 12.5 Å². The topological polar surface area (TPSA) is 170 Å². The predicted molar refractivity (Wildman–Crippen MR) is 132 cm³/mol. The SMILES string of the molecule is CN(C)c1cc(-c2ncco2)c(O)c2c1CC1CC3C(C(=O)C(C(N)=O)=C(O)[C@H]3N(C)C)C(O)=C1C2=O. The van der Waals surface area contributed by atoms with E-state index < -0.39 is 58.4 Å². The van der Waals surface area contributed by atoms with Crippen LogP contribution < -0.4 is 10.6 Å². The number of likely N-dealkylation sites (N-methyl/N-ethyl adjacent to an activating group) is 1. The highest BCUT2D eigenvalue weighted by Crippen LogP contribution is 2.52. The molecule has 0 aliphatic heterocycles. The maximum atomic E-state index is 13.9. The van der Waals surface area contributed by atoms with E-state index in [2.05, 4.69) is 4.98 Å². The molecule has 11 heteroatoms. The van der Waals surface area contributed by atoms with Crippen LogP contribution in [0.15, 0.2) is 45.6 Å². The Morgan fingerprint density at radius 3 is 2.41 bits per heavy atom. The lowest BCUT2D eigenvalue weighted by molar-refractivity contribution is -0.127. The molecule has 1 aromatic carbocycles. The third-order valence-corrected chi connectivity index (χ3v) is 7.69. The molecule has 0 saturated heterocycles. The predicted octanol–water partition coefficient (Wildman–Crippen LogP) is 1.73. The van der Waals surface area contributed by atoms with Gasteiger partial charge in [0, 0.05) is 25.4 Å². The summed E-state index contributed by atoms with van der Waals surface area (Å²) < 4.78 is 5.37. The molecule has 1 amide bonds. The Kier molecular flexibility index (Phi) is 5.63. The van der Waals surface area contributed by atoms with Crippen LogP contribution in [0.3, 0.4) is 0 Å². The van der Waals surface area contributed by atoms with E-state index in [4.69, 9.17) is 10.2 Å². The van der Waals surface area contributed by atoms with Crippen molar-refractivity contribution >= 4 is 23.2 Å². The highest BCUT2D eigenvalue weighted by molar-refractivity contribution is 6.22.